The number of hydrogen-bond acceptors (Lipinski definition) is 6. The van der Waals surface area contributed by atoms with Gasteiger partial charge in [-0.2, -0.15) is 5.10 Å². The minimum atomic E-state index is -0.869. The van der Waals surface area contributed by atoms with Crippen molar-refractivity contribution in [3.63, 3.8) is 0 Å². The summed E-state index contributed by atoms with van der Waals surface area (Å²) in [5.74, 6) is -1.17. The number of likely N-dealkylation sites (tertiary alicyclic amines) is 1. The summed E-state index contributed by atoms with van der Waals surface area (Å²) in [6.07, 6.45) is 3.46. The molecule has 1 aliphatic heterocycles. The van der Waals surface area contributed by atoms with Gasteiger partial charge < -0.3 is 19.7 Å². The molecular weight excluding hydrogens is 352 g/mol. The van der Waals surface area contributed by atoms with Gasteiger partial charge in [-0.1, -0.05) is 12.1 Å². The van der Waals surface area contributed by atoms with Gasteiger partial charge in [-0.05, 0) is 30.5 Å². The molecule has 0 atom stereocenters. The van der Waals surface area contributed by atoms with Gasteiger partial charge in [0.1, 0.15) is 5.75 Å². The van der Waals surface area contributed by atoms with Gasteiger partial charge in [0, 0.05) is 26.7 Å². The third kappa shape index (κ3) is 7.06. The summed E-state index contributed by atoms with van der Waals surface area (Å²) in [5.41, 5.74) is 2.79. The maximum Gasteiger partial charge on any atom is 0.329 e. The molecule has 0 saturated carbocycles. The number of benzene rings is 1. The van der Waals surface area contributed by atoms with Crippen molar-refractivity contribution in [1.82, 2.24) is 15.6 Å². The van der Waals surface area contributed by atoms with E-state index in [1.807, 2.05) is 0 Å². The van der Waals surface area contributed by atoms with Gasteiger partial charge in [0.25, 0.3) is 5.91 Å². The minimum absolute atomic E-state index is 0.0149. The normalized spacial score (nSPS) is 13.6. The van der Waals surface area contributed by atoms with Gasteiger partial charge in [-0.25, -0.2) is 5.43 Å². The number of methoxy groups -OCH3 is 1. The zero-order valence-corrected chi connectivity index (χ0v) is 15.3. The molecule has 1 fully saturated rings. The van der Waals surface area contributed by atoms with E-state index in [4.69, 9.17) is 9.47 Å². The fourth-order valence-electron chi connectivity index (χ4n) is 2.45. The van der Waals surface area contributed by atoms with Crippen LogP contribution in [0.1, 0.15) is 18.4 Å². The first kappa shape index (κ1) is 20.4. The fourth-order valence-corrected chi connectivity index (χ4v) is 2.45. The Labute approximate surface area is 157 Å². The van der Waals surface area contributed by atoms with Crippen molar-refractivity contribution in [3.8, 4) is 5.75 Å². The van der Waals surface area contributed by atoms with Gasteiger partial charge in [0.2, 0.25) is 0 Å². The van der Waals surface area contributed by atoms with Crippen LogP contribution in [0, 0.1) is 0 Å². The second-order valence-corrected chi connectivity index (χ2v) is 5.90. The monoisotopic (exact) mass is 376 g/mol. The topological polar surface area (TPSA) is 109 Å². The molecule has 1 aromatic rings. The molecule has 1 aliphatic rings. The van der Waals surface area contributed by atoms with Crippen molar-refractivity contribution in [3.05, 3.63) is 29.8 Å². The third-order valence-corrected chi connectivity index (χ3v) is 3.86. The molecule has 0 bridgehead atoms. The lowest BCUT2D eigenvalue weighted by molar-refractivity contribution is -0.139. The highest BCUT2D eigenvalue weighted by Crippen LogP contribution is 2.13. The van der Waals surface area contributed by atoms with Gasteiger partial charge in [-0.15, -0.1) is 0 Å². The molecule has 9 heteroatoms. The Kier molecular flexibility index (Phi) is 8.24. The van der Waals surface area contributed by atoms with Gasteiger partial charge in [0.15, 0.2) is 6.61 Å². The van der Waals surface area contributed by atoms with E-state index in [1.165, 1.54) is 13.3 Å². The molecule has 146 valence electrons. The fraction of sp³-hybridized carbons (Fsp3) is 0.444. The van der Waals surface area contributed by atoms with Crippen molar-refractivity contribution in [1.29, 1.82) is 0 Å². The zero-order chi connectivity index (χ0) is 19.5. The smallest absolute Gasteiger partial charge is 0.329 e. The average molecular weight is 376 g/mol. The molecule has 1 saturated heterocycles. The standard InChI is InChI=1S/C18H24N4O5/c1-26-10-7-19-17(24)18(25)21-20-12-14-5-4-6-15(11-14)27-13-16(23)22-8-2-3-9-22/h4-6,11-12H,2-3,7-10,13H2,1H3,(H,19,24)(H,21,25)/b20-12-. The Morgan fingerprint density at radius 3 is 2.74 bits per heavy atom. The number of hydrogen-bond donors (Lipinski definition) is 2. The van der Waals surface area contributed by atoms with E-state index < -0.39 is 11.8 Å². The molecule has 27 heavy (non-hydrogen) atoms. The van der Waals surface area contributed by atoms with Crippen LogP contribution in [0.2, 0.25) is 0 Å². The Morgan fingerprint density at radius 1 is 1.22 bits per heavy atom. The lowest BCUT2D eigenvalue weighted by atomic mass is 10.2. The minimum Gasteiger partial charge on any atom is -0.484 e. The van der Waals surface area contributed by atoms with Gasteiger partial charge in [-0.3, -0.25) is 14.4 Å². The molecule has 0 aromatic heterocycles. The van der Waals surface area contributed by atoms with E-state index >= 15 is 0 Å². The molecular formula is C18H24N4O5. The number of carbonyl (C=O) groups is 3. The number of hydrazone groups is 1. The highest BCUT2D eigenvalue weighted by atomic mass is 16.5. The lowest BCUT2D eigenvalue weighted by Gasteiger charge is -2.15. The summed E-state index contributed by atoms with van der Waals surface area (Å²) >= 11 is 0. The molecule has 2 N–H and O–H groups in total. The molecule has 0 unspecified atom stereocenters. The van der Waals surface area contributed by atoms with Crippen molar-refractivity contribution in [2.24, 2.45) is 5.10 Å². The van der Waals surface area contributed by atoms with Crippen LogP contribution in [-0.4, -0.2) is 68.8 Å². The highest BCUT2D eigenvalue weighted by Gasteiger charge is 2.18. The summed E-state index contributed by atoms with van der Waals surface area (Å²) in [4.78, 5) is 36.8. The summed E-state index contributed by atoms with van der Waals surface area (Å²) in [6, 6.07) is 6.92. The van der Waals surface area contributed by atoms with Crippen molar-refractivity contribution < 1.29 is 23.9 Å². The Hall–Kier alpha value is -2.94. The second kappa shape index (κ2) is 10.9. The molecule has 1 heterocycles. The average Bonchev–Trinajstić information content (AvgIpc) is 3.21. The summed E-state index contributed by atoms with van der Waals surface area (Å²) < 4.78 is 10.3. The van der Waals surface area contributed by atoms with E-state index in [-0.39, 0.29) is 19.1 Å². The second-order valence-electron chi connectivity index (χ2n) is 5.90. The van der Waals surface area contributed by atoms with Gasteiger partial charge in [0.05, 0.1) is 12.8 Å². The predicted molar refractivity (Wildman–Crippen MR) is 98.4 cm³/mol. The number of nitrogens with one attached hydrogen (secondary N) is 2. The third-order valence-electron chi connectivity index (χ3n) is 3.86. The zero-order valence-electron chi connectivity index (χ0n) is 15.3. The van der Waals surface area contributed by atoms with E-state index in [2.05, 4.69) is 15.8 Å². The molecule has 3 amide bonds. The highest BCUT2D eigenvalue weighted by molar-refractivity contribution is 6.35. The number of nitrogens with zero attached hydrogens (tertiary/aromatic N) is 2. The number of rotatable bonds is 8. The van der Waals surface area contributed by atoms with Crippen LogP contribution in [0.25, 0.3) is 0 Å². The molecule has 2 rings (SSSR count). The maximum atomic E-state index is 12.0. The molecule has 0 radical (unpaired) electrons. The lowest BCUT2D eigenvalue weighted by Crippen LogP contribution is -2.39. The first-order valence-electron chi connectivity index (χ1n) is 8.71. The van der Waals surface area contributed by atoms with Crippen molar-refractivity contribution >= 4 is 23.9 Å². The number of ether oxygens (including phenoxy) is 2. The van der Waals surface area contributed by atoms with Crippen LogP contribution in [0.3, 0.4) is 0 Å². The van der Waals surface area contributed by atoms with Crippen LogP contribution < -0.4 is 15.5 Å². The summed E-state index contributed by atoms with van der Waals surface area (Å²) in [6.45, 7) is 2.11. The van der Waals surface area contributed by atoms with E-state index in [0.717, 1.165) is 25.9 Å². The predicted octanol–water partition coefficient (Wildman–Crippen LogP) is -0.0995. The summed E-state index contributed by atoms with van der Waals surface area (Å²) in [7, 11) is 1.50. The van der Waals surface area contributed by atoms with Crippen LogP contribution in [0.5, 0.6) is 5.75 Å². The van der Waals surface area contributed by atoms with Crippen LogP contribution >= 0.6 is 0 Å². The number of carbonyl (C=O) groups excluding carboxylic acids is 3. The largest absolute Gasteiger partial charge is 0.484 e. The van der Waals surface area contributed by atoms with E-state index in [1.54, 1.807) is 29.2 Å². The molecule has 0 spiro atoms. The van der Waals surface area contributed by atoms with E-state index in [9.17, 15) is 14.4 Å². The Bertz CT molecular complexity index is 686. The number of amides is 3. The van der Waals surface area contributed by atoms with Crippen LogP contribution in [-0.2, 0) is 19.1 Å². The van der Waals surface area contributed by atoms with Crippen LogP contribution in [0.4, 0.5) is 0 Å². The molecule has 0 aliphatic carbocycles. The van der Waals surface area contributed by atoms with E-state index in [0.29, 0.717) is 17.9 Å². The van der Waals surface area contributed by atoms with Gasteiger partial charge >= 0.3 is 11.8 Å². The first-order chi connectivity index (χ1) is 13.1. The SMILES string of the molecule is COCCNC(=O)C(=O)N/N=C\c1cccc(OCC(=O)N2CCCC2)c1. The van der Waals surface area contributed by atoms with Crippen molar-refractivity contribution in [2.45, 2.75) is 12.8 Å². The quantitative estimate of drug-likeness (QED) is 0.285. The molecule has 1 aromatic carbocycles. The Balaban J connectivity index is 1.78. The van der Waals surface area contributed by atoms with Crippen molar-refractivity contribution in [2.75, 3.05) is 40.0 Å². The molecule has 9 nitrogen and oxygen atoms in total. The Morgan fingerprint density at radius 2 is 2.00 bits per heavy atom. The van der Waals surface area contributed by atoms with Crippen LogP contribution in [0.15, 0.2) is 29.4 Å². The summed E-state index contributed by atoms with van der Waals surface area (Å²) in [5, 5.41) is 6.13. The maximum absolute atomic E-state index is 12.0. The first-order valence-corrected chi connectivity index (χ1v) is 8.71.